The van der Waals surface area contributed by atoms with Crippen molar-refractivity contribution in [2.24, 2.45) is 10.2 Å². The van der Waals surface area contributed by atoms with Gasteiger partial charge in [0.2, 0.25) is 11.9 Å². The number of non-ortho nitro benzene ring substituents is 1. The second-order valence-electron chi connectivity index (χ2n) is 7.10. The molecule has 0 aliphatic heterocycles. The standard InChI is InChI=1S/C22H25N5O7/c1-13(28)21(26-25-17-7-6-16(27(31)32)12-20(17)34-4)22(30)24-18-11-15(5-8-19(18)33-3)9-10-23-14(2)29/h5-8,11-12,21H,9-10H2,1-4H3,(H,23,29)(H,24,30). The number of amides is 2. The third kappa shape index (κ3) is 7.08. The van der Waals surface area contributed by atoms with Crippen LogP contribution in [0.4, 0.5) is 17.1 Å². The summed E-state index contributed by atoms with van der Waals surface area (Å²) < 4.78 is 10.4. The summed E-state index contributed by atoms with van der Waals surface area (Å²) in [5.41, 5.74) is 1.05. The molecule has 0 bridgehead atoms. The van der Waals surface area contributed by atoms with Crippen molar-refractivity contribution >= 4 is 34.7 Å². The molecule has 0 aromatic heterocycles. The van der Waals surface area contributed by atoms with Gasteiger partial charge in [-0.05, 0) is 37.1 Å². The van der Waals surface area contributed by atoms with Gasteiger partial charge in [0.05, 0.1) is 30.9 Å². The Kier molecular flexibility index (Phi) is 9.18. The van der Waals surface area contributed by atoms with E-state index in [-0.39, 0.29) is 23.0 Å². The molecule has 2 N–H and O–H groups in total. The van der Waals surface area contributed by atoms with Gasteiger partial charge in [0.25, 0.3) is 11.6 Å². The lowest BCUT2D eigenvalue weighted by molar-refractivity contribution is -0.384. The van der Waals surface area contributed by atoms with E-state index in [0.717, 1.165) is 11.6 Å². The maximum Gasteiger partial charge on any atom is 0.273 e. The Hall–Kier alpha value is -4.35. The van der Waals surface area contributed by atoms with Crippen LogP contribution in [0.15, 0.2) is 46.6 Å². The molecule has 0 saturated heterocycles. The van der Waals surface area contributed by atoms with Crippen LogP contribution < -0.4 is 20.1 Å². The molecular weight excluding hydrogens is 446 g/mol. The Morgan fingerprint density at radius 2 is 1.76 bits per heavy atom. The van der Waals surface area contributed by atoms with Crippen molar-refractivity contribution in [2.45, 2.75) is 26.3 Å². The number of nitrogens with one attached hydrogen (secondary N) is 2. The van der Waals surface area contributed by atoms with E-state index in [4.69, 9.17) is 9.47 Å². The first-order chi connectivity index (χ1) is 16.2. The molecule has 0 spiro atoms. The number of ketones is 1. The van der Waals surface area contributed by atoms with Gasteiger partial charge in [-0.2, -0.15) is 10.2 Å². The molecule has 180 valence electrons. The minimum absolute atomic E-state index is 0.0641. The molecule has 34 heavy (non-hydrogen) atoms. The van der Waals surface area contributed by atoms with E-state index < -0.39 is 22.7 Å². The molecule has 0 aliphatic carbocycles. The van der Waals surface area contributed by atoms with E-state index in [1.165, 1.54) is 40.2 Å². The van der Waals surface area contributed by atoms with Crippen molar-refractivity contribution < 1.29 is 28.8 Å². The number of nitro groups is 1. The third-order valence-electron chi connectivity index (χ3n) is 4.60. The number of carbonyl (C=O) groups excluding carboxylic acids is 3. The summed E-state index contributed by atoms with van der Waals surface area (Å²) in [5, 5.41) is 24.0. The van der Waals surface area contributed by atoms with E-state index in [0.29, 0.717) is 24.4 Å². The molecule has 0 saturated carbocycles. The molecule has 0 heterocycles. The molecule has 1 unspecified atom stereocenters. The number of nitrogens with zero attached hydrogens (tertiary/aromatic N) is 3. The van der Waals surface area contributed by atoms with Crippen molar-refractivity contribution in [3.63, 3.8) is 0 Å². The Morgan fingerprint density at radius 1 is 1.06 bits per heavy atom. The summed E-state index contributed by atoms with van der Waals surface area (Å²) in [4.78, 5) is 46.4. The first-order valence-corrected chi connectivity index (χ1v) is 10.1. The second-order valence-corrected chi connectivity index (χ2v) is 7.10. The normalized spacial score (nSPS) is 11.5. The maximum atomic E-state index is 12.8. The highest BCUT2D eigenvalue weighted by Gasteiger charge is 2.25. The number of hydrogen-bond acceptors (Lipinski definition) is 9. The number of benzene rings is 2. The van der Waals surface area contributed by atoms with Crippen molar-refractivity contribution in [2.75, 3.05) is 26.1 Å². The van der Waals surface area contributed by atoms with Crippen LogP contribution in [0, 0.1) is 10.1 Å². The number of anilines is 1. The van der Waals surface area contributed by atoms with Gasteiger partial charge in [-0.1, -0.05) is 6.07 Å². The molecule has 2 rings (SSSR count). The van der Waals surface area contributed by atoms with Gasteiger partial charge >= 0.3 is 0 Å². The molecule has 0 radical (unpaired) electrons. The van der Waals surface area contributed by atoms with Gasteiger partial charge in [-0.15, -0.1) is 0 Å². The summed E-state index contributed by atoms with van der Waals surface area (Å²) in [5.74, 6) is -1.03. The highest BCUT2D eigenvalue weighted by Crippen LogP contribution is 2.32. The van der Waals surface area contributed by atoms with Gasteiger partial charge in [-0.25, -0.2) is 0 Å². The van der Waals surface area contributed by atoms with Crippen molar-refractivity contribution in [3.05, 3.63) is 52.1 Å². The van der Waals surface area contributed by atoms with Crippen LogP contribution >= 0.6 is 0 Å². The summed E-state index contributed by atoms with van der Waals surface area (Å²) in [6.07, 6.45) is 0.516. The van der Waals surface area contributed by atoms with Gasteiger partial charge in [0.1, 0.15) is 11.4 Å². The number of nitro benzene ring substituents is 1. The largest absolute Gasteiger partial charge is 0.495 e. The lowest BCUT2D eigenvalue weighted by Gasteiger charge is -2.14. The van der Waals surface area contributed by atoms with Crippen LogP contribution in [0.2, 0.25) is 0 Å². The molecular formula is C22H25N5O7. The van der Waals surface area contributed by atoms with Gasteiger partial charge in [-0.3, -0.25) is 24.5 Å². The first-order valence-electron chi connectivity index (χ1n) is 10.1. The number of azo groups is 1. The quantitative estimate of drug-likeness (QED) is 0.220. The topological polar surface area (TPSA) is 162 Å². The monoisotopic (exact) mass is 471 g/mol. The average Bonchev–Trinajstić information content (AvgIpc) is 2.78. The fourth-order valence-electron chi connectivity index (χ4n) is 2.89. The fourth-order valence-corrected chi connectivity index (χ4v) is 2.89. The molecule has 12 nitrogen and oxygen atoms in total. The number of carbonyl (C=O) groups is 3. The average molecular weight is 471 g/mol. The van der Waals surface area contributed by atoms with Gasteiger partial charge in [0, 0.05) is 19.5 Å². The van der Waals surface area contributed by atoms with Crippen LogP contribution in [0.25, 0.3) is 0 Å². The number of hydrogen-bond donors (Lipinski definition) is 2. The number of Topliss-reactive ketones (excluding diaryl/α,β-unsaturated/α-hetero) is 1. The molecule has 2 amide bonds. The molecule has 1 atom stereocenters. The van der Waals surface area contributed by atoms with Crippen molar-refractivity contribution in [1.29, 1.82) is 0 Å². The van der Waals surface area contributed by atoms with Gasteiger partial charge < -0.3 is 20.1 Å². The van der Waals surface area contributed by atoms with Crippen LogP contribution in [-0.2, 0) is 20.8 Å². The van der Waals surface area contributed by atoms with E-state index in [1.807, 2.05) is 0 Å². The number of ether oxygens (including phenoxy) is 2. The van der Waals surface area contributed by atoms with E-state index in [9.17, 15) is 24.5 Å². The minimum Gasteiger partial charge on any atom is -0.495 e. The zero-order valence-electron chi connectivity index (χ0n) is 19.2. The lowest BCUT2D eigenvalue weighted by atomic mass is 10.1. The molecule has 0 aliphatic rings. The lowest BCUT2D eigenvalue weighted by Crippen LogP contribution is -2.32. The number of methoxy groups -OCH3 is 2. The Balaban J connectivity index is 2.24. The van der Waals surface area contributed by atoms with Crippen LogP contribution in [0.5, 0.6) is 11.5 Å². The highest BCUT2D eigenvalue weighted by molar-refractivity contribution is 6.10. The summed E-state index contributed by atoms with van der Waals surface area (Å²) in [6.45, 7) is 3.02. The Labute approximate surface area is 195 Å². The predicted octanol–water partition coefficient (Wildman–Crippen LogP) is 2.97. The molecule has 0 fully saturated rings. The smallest absolute Gasteiger partial charge is 0.273 e. The summed E-state index contributed by atoms with van der Waals surface area (Å²) >= 11 is 0. The van der Waals surface area contributed by atoms with Crippen LogP contribution in [0.1, 0.15) is 19.4 Å². The zero-order chi connectivity index (χ0) is 25.3. The SMILES string of the molecule is COc1cc([N+](=O)[O-])ccc1N=NC(C(C)=O)C(=O)Nc1cc(CCNC(C)=O)ccc1OC. The first kappa shape index (κ1) is 25.9. The zero-order valence-corrected chi connectivity index (χ0v) is 19.2. The fraction of sp³-hybridized carbons (Fsp3) is 0.318. The Bertz CT molecular complexity index is 1120. The molecule has 12 heteroatoms. The third-order valence-corrected chi connectivity index (χ3v) is 4.60. The second kappa shape index (κ2) is 12.0. The van der Waals surface area contributed by atoms with E-state index in [2.05, 4.69) is 20.9 Å². The van der Waals surface area contributed by atoms with Crippen molar-refractivity contribution in [1.82, 2.24) is 5.32 Å². The summed E-state index contributed by atoms with van der Waals surface area (Å²) in [7, 11) is 2.74. The number of rotatable bonds is 11. The molecule has 2 aromatic rings. The minimum atomic E-state index is -1.48. The van der Waals surface area contributed by atoms with Crippen molar-refractivity contribution in [3.8, 4) is 11.5 Å². The van der Waals surface area contributed by atoms with E-state index in [1.54, 1.807) is 18.2 Å². The van der Waals surface area contributed by atoms with E-state index >= 15 is 0 Å². The van der Waals surface area contributed by atoms with Crippen LogP contribution in [-0.4, -0.2) is 49.3 Å². The summed E-state index contributed by atoms with van der Waals surface area (Å²) in [6, 6.07) is 7.31. The van der Waals surface area contributed by atoms with Crippen LogP contribution in [0.3, 0.4) is 0 Å². The highest BCUT2D eigenvalue weighted by atomic mass is 16.6. The predicted molar refractivity (Wildman–Crippen MR) is 123 cm³/mol. The maximum absolute atomic E-state index is 12.8. The van der Waals surface area contributed by atoms with Gasteiger partial charge in [0.15, 0.2) is 11.5 Å². The molecule has 2 aromatic carbocycles. The Morgan fingerprint density at radius 3 is 2.35 bits per heavy atom.